The molecule has 0 radical (unpaired) electrons. The van der Waals surface area contributed by atoms with Crippen LogP contribution in [0.25, 0.3) is 0 Å². The van der Waals surface area contributed by atoms with Crippen LogP contribution in [0.2, 0.25) is 0 Å². The number of methoxy groups -OCH3 is 1. The van der Waals surface area contributed by atoms with Crippen LogP contribution in [-0.4, -0.2) is 29.9 Å². The predicted molar refractivity (Wildman–Crippen MR) is 94.4 cm³/mol. The Hall–Kier alpha value is -2.25. The molecule has 6 nitrogen and oxygen atoms in total. The van der Waals surface area contributed by atoms with E-state index in [2.05, 4.69) is 15.6 Å². The van der Waals surface area contributed by atoms with Crippen LogP contribution in [0.3, 0.4) is 0 Å². The number of hydrogen-bond donors (Lipinski definition) is 2. The zero-order valence-corrected chi connectivity index (χ0v) is 14.8. The molecule has 24 heavy (non-hydrogen) atoms. The Morgan fingerprint density at radius 2 is 1.96 bits per heavy atom. The fourth-order valence-electron chi connectivity index (χ4n) is 1.91. The van der Waals surface area contributed by atoms with E-state index in [1.165, 1.54) is 11.3 Å². The number of nitrogens with one attached hydrogen (secondary N) is 2. The van der Waals surface area contributed by atoms with Crippen molar-refractivity contribution in [3.8, 4) is 0 Å². The van der Waals surface area contributed by atoms with Crippen molar-refractivity contribution >= 4 is 28.8 Å². The number of nitrogens with zero attached hydrogens (tertiary/aromatic N) is 1. The lowest BCUT2D eigenvalue weighted by atomic mass is 10.1. The van der Waals surface area contributed by atoms with Crippen molar-refractivity contribution in [2.45, 2.75) is 32.9 Å². The maximum Gasteiger partial charge on any atom is 0.275 e. The number of benzene rings is 1. The van der Waals surface area contributed by atoms with Gasteiger partial charge in [-0.3, -0.25) is 9.59 Å². The highest BCUT2D eigenvalue weighted by molar-refractivity contribution is 7.09. The average molecular weight is 347 g/mol. The molecule has 2 N–H and O–H groups in total. The molecule has 2 aromatic rings. The molecule has 0 aliphatic heterocycles. The standard InChI is InChI=1S/C17H21N3O3S/c1-4-11(2)18-16(21)12-5-7-13(8-6-12)19-17(22)14-10-24-15(20-14)9-23-3/h5-8,10-11H,4,9H2,1-3H3,(H,18,21)(H,19,22). The van der Waals surface area contributed by atoms with Gasteiger partial charge >= 0.3 is 0 Å². The highest BCUT2D eigenvalue weighted by atomic mass is 32.1. The van der Waals surface area contributed by atoms with Crippen molar-refractivity contribution in [2.24, 2.45) is 0 Å². The lowest BCUT2D eigenvalue weighted by molar-refractivity contribution is 0.0938. The van der Waals surface area contributed by atoms with E-state index >= 15 is 0 Å². The predicted octanol–water partition coefficient (Wildman–Crippen LogP) is 3.07. The van der Waals surface area contributed by atoms with Gasteiger partial charge in [0.1, 0.15) is 10.7 Å². The third kappa shape index (κ3) is 4.87. The van der Waals surface area contributed by atoms with Gasteiger partial charge in [-0.1, -0.05) is 6.92 Å². The Morgan fingerprint density at radius 1 is 1.25 bits per heavy atom. The normalized spacial score (nSPS) is 11.8. The van der Waals surface area contributed by atoms with Gasteiger partial charge in [0.25, 0.3) is 11.8 Å². The van der Waals surface area contributed by atoms with Crippen LogP contribution in [0.5, 0.6) is 0 Å². The molecule has 2 amide bonds. The topological polar surface area (TPSA) is 80.3 Å². The SMILES string of the molecule is CCC(C)NC(=O)c1ccc(NC(=O)c2csc(COC)n2)cc1. The molecular weight excluding hydrogens is 326 g/mol. The first-order valence-electron chi connectivity index (χ1n) is 7.69. The zero-order chi connectivity index (χ0) is 17.5. The number of amides is 2. The summed E-state index contributed by atoms with van der Waals surface area (Å²) in [6.45, 7) is 4.36. The minimum absolute atomic E-state index is 0.120. The van der Waals surface area contributed by atoms with Crippen molar-refractivity contribution < 1.29 is 14.3 Å². The molecule has 128 valence electrons. The van der Waals surface area contributed by atoms with Gasteiger partial charge in [0.15, 0.2) is 0 Å². The maximum absolute atomic E-state index is 12.1. The molecule has 0 aliphatic carbocycles. The van der Waals surface area contributed by atoms with Crippen LogP contribution < -0.4 is 10.6 Å². The van der Waals surface area contributed by atoms with Crippen molar-refractivity contribution in [3.63, 3.8) is 0 Å². The fraction of sp³-hybridized carbons (Fsp3) is 0.353. The number of carbonyl (C=O) groups excluding carboxylic acids is 2. The van der Waals surface area contributed by atoms with E-state index in [0.29, 0.717) is 23.6 Å². The van der Waals surface area contributed by atoms with Crippen molar-refractivity contribution in [2.75, 3.05) is 12.4 Å². The van der Waals surface area contributed by atoms with Crippen molar-refractivity contribution in [1.29, 1.82) is 0 Å². The molecule has 1 atom stereocenters. The summed E-state index contributed by atoms with van der Waals surface area (Å²) in [4.78, 5) is 28.4. The van der Waals surface area contributed by atoms with Gasteiger partial charge in [-0.2, -0.15) is 0 Å². The first kappa shape index (κ1) is 18.1. The van der Waals surface area contributed by atoms with Crippen LogP contribution in [0, 0.1) is 0 Å². The zero-order valence-electron chi connectivity index (χ0n) is 14.0. The Morgan fingerprint density at radius 3 is 2.58 bits per heavy atom. The Balaban J connectivity index is 1.97. The van der Waals surface area contributed by atoms with Crippen molar-refractivity contribution in [1.82, 2.24) is 10.3 Å². The van der Waals surface area contributed by atoms with E-state index < -0.39 is 0 Å². The first-order chi connectivity index (χ1) is 11.5. The summed E-state index contributed by atoms with van der Waals surface area (Å²) in [7, 11) is 1.58. The van der Waals surface area contributed by atoms with E-state index in [0.717, 1.165) is 11.4 Å². The average Bonchev–Trinajstić information content (AvgIpc) is 3.04. The van der Waals surface area contributed by atoms with Gasteiger partial charge in [0.05, 0.1) is 6.61 Å². The number of anilines is 1. The molecule has 1 heterocycles. The molecule has 1 aromatic carbocycles. The molecule has 1 unspecified atom stereocenters. The Labute approximate surface area is 145 Å². The number of aromatic nitrogens is 1. The van der Waals surface area contributed by atoms with Gasteiger partial charge in [0, 0.05) is 29.8 Å². The van der Waals surface area contributed by atoms with E-state index in [1.54, 1.807) is 36.8 Å². The second-order valence-corrected chi connectivity index (χ2v) is 6.32. The summed E-state index contributed by atoms with van der Waals surface area (Å²) in [5.74, 6) is -0.406. The molecule has 0 fully saturated rings. The monoisotopic (exact) mass is 347 g/mol. The smallest absolute Gasteiger partial charge is 0.275 e. The number of carbonyl (C=O) groups is 2. The van der Waals surface area contributed by atoms with E-state index in [9.17, 15) is 9.59 Å². The summed E-state index contributed by atoms with van der Waals surface area (Å²) in [5.41, 5.74) is 1.52. The second kappa shape index (κ2) is 8.56. The summed E-state index contributed by atoms with van der Waals surface area (Å²) < 4.78 is 4.99. The molecule has 0 spiro atoms. The van der Waals surface area contributed by atoms with Crippen LogP contribution in [-0.2, 0) is 11.3 Å². The van der Waals surface area contributed by atoms with E-state index in [1.807, 2.05) is 13.8 Å². The molecular formula is C17H21N3O3S. The van der Waals surface area contributed by atoms with Gasteiger partial charge in [-0.15, -0.1) is 11.3 Å². The Kier molecular flexibility index (Phi) is 6.45. The number of ether oxygens (including phenoxy) is 1. The van der Waals surface area contributed by atoms with Gasteiger partial charge < -0.3 is 15.4 Å². The van der Waals surface area contributed by atoms with Gasteiger partial charge in [-0.05, 0) is 37.6 Å². The summed E-state index contributed by atoms with van der Waals surface area (Å²) in [6.07, 6.45) is 0.874. The van der Waals surface area contributed by atoms with Gasteiger partial charge in [-0.25, -0.2) is 4.98 Å². The van der Waals surface area contributed by atoms with E-state index in [-0.39, 0.29) is 17.9 Å². The Bertz CT molecular complexity index is 697. The quantitative estimate of drug-likeness (QED) is 0.807. The third-order valence-corrected chi connectivity index (χ3v) is 4.27. The molecule has 0 aliphatic rings. The number of thiazole rings is 1. The summed E-state index contributed by atoms with van der Waals surface area (Å²) in [5, 5.41) is 8.11. The third-order valence-electron chi connectivity index (χ3n) is 3.45. The number of rotatable bonds is 7. The van der Waals surface area contributed by atoms with E-state index in [4.69, 9.17) is 4.74 Å². The largest absolute Gasteiger partial charge is 0.378 e. The first-order valence-corrected chi connectivity index (χ1v) is 8.57. The second-order valence-electron chi connectivity index (χ2n) is 5.37. The lowest BCUT2D eigenvalue weighted by Gasteiger charge is -2.11. The van der Waals surface area contributed by atoms with Gasteiger partial charge in [0.2, 0.25) is 0 Å². The molecule has 1 aromatic heterocycles. The molecule has 0 saturated heterocycles. The van der Waals surface area contributed by atoms with Crippen molar-refractivity contribution in [3.05, 3.63) is 45.9 Å². The molecule has 0 bridgehead atoms. The summed E-state index contributed by atoms with van der Waals surface area (Å²) >= 11 is 1.38. The lowest BCUT2D eigenvalue weighted by Crippen LogP contribution is -2.31. The van der Waals surface area contributed by atoms with Crippen LogP contribution in [0.15, 0.2) is 29.6 Å². The highest BCUT2D eigenvalue weighted by Crippen LogP contribution is 2.14. The maximum atomic E-state index is 12.1. The minimum atomic E-state index is -0.287. The van der Waals surface area contributed by atoms with Crippen LogP contribution in [0.1, 0.15) is 46.1 Å². The molecule has 0 saturated carbocycles. The van der Waals surface area contributed by atoms with Crippen LogP contribution >= 0.6 is 11.3 Å². The molecule has 2 rings (SSSR count). The minimum Gasteiger partial charge on any atom is -0.378 e. The summed E-state index contributed by atoms with van der Waals surface area (Å²) in [6, 6.07) is 6.90. The number of hydrogen-bond acceptors (Lipinski definition) is 5. The molecule has 7 heteroatoms. The fourth-order valence-corrected chi connectivity index (χ4v) is 2.66. The highest BCUT2D eigenvalue weighted by Gasteiger charge is 2.12. The van der Waals surface area contributed by atoms with Crippen LogP contribution in [0.4, 0.5) is 5.69 Å².